The van der Waals surface area contributed by atoms with E-state index in [1.807, 2.05) is 6.08 Å². The summed E-state index contributed by atoms with van der Waals surface area (Å²) in [5.74, 6) is -0.204. The molecule has 74 heavy (non-hydrogen) atoms. The van der Waals surface area contributed by atoms with E-state index in [1.54, 1.807) is 6.08 Å². The summed E-state index contributed by atoms with van der Waals surface area (Å²) in [5, 5.41) is 54.4. The summed E-state index contributed by atoms with van der Waals surface area (Å²) < 4.78 is 11.2. The fourth-order valence-corrected chi connectivity index (χ4v) is 8.34. The Hall–Kier alpha value is -3.67. The highest BCUT2D eigenvalue weighted by Crippen LogP contribution is 2.23. The van der Waals surface area contributed by atoms with Crippen molar-refractivity contribution in [3.63, 3.8) is 0 Å². The Bertz CT molecular complexity index is 1620. The van der Waals surface area contributed by atoms with Gasteiger partial charge < -0.3 is 40.3 Å². The lowest BCUT2D eigenvalue weighted by Gasteiger charge is -2.40. The number of aliphatic hydroxyl groups excluding tert-OH is 5. The van der Waals surface area contributed by atoms with Crippen LogP contribution in [0.1, 0.15) is 213 Å². The van der Waals surface area contributed by atoms with Crippen molar-refractivity contribution >= 4 is 5.91 Å². The Morgan fingerprint density at radius 3 is 1.30 bits per heavy atom. The number of aliphatic hydroxyl groups is 5. The van der Waals surface area contributed by atoms with Gasteiger partial charge in [-0.05, 0) is 103 Å². The second kappa shape index (κ2) is 52.8. The van der Waals surface area contributed by atoms with Crippen LogP contribution >= 0.6 is 0 Å². The van der Waals surface area contributed by atoms with Gasteiger partial charge in [0.05, 0.1) is 25.4 Å². The van der Waals surface area contributed by atoms with E-state index in [0.717, 1.165) is 109 Å². The summed E-state index contributed by atoms with van der Waals surface area (Å²) >= 11 is 0. The highest BCUT2D eigenvalue weighted by molar-refractivity contribution is 5.76. The molecule has 7 unspecified atom stereocenters. The van der Waals surface area contributed by atoms with Crippen LogP contribution in [0.3, 0.4) is 0 Å². The van der Waals surface area contributed by atoms with Crippen LogP contribution in [-0.4, -0.2) is 87.5 Å². The standard InChI is InChI=1S/C65H107NO8/c1-3-5-7-9-11-13-15-17-19-21-22-23-24-25-26-27-28-29-30-31-32-33-34-35-36-37-38-39-41-43-45-47-49-51-53-55-61(69)66-58(57-73-65-64(72)63(71)62(70)60(56-67)74-65)59(68)54-52-50-48-46-44-42-40-20-18-16-14-12-10-8-6-4-2/h5,7,11,13,17,19,22-23,25-26,28-29,31-32,34-35,37-38,44,46,52,54,58-60,62-65,67-68,70-72H,3-4,6,8-10,12,14-16,18,20-21,24,27,30,33,36,39-43,45,47-51,53,55-57H2,1-2H3,(H,66,69)/b7-5-,13-11-,19-17-,23-22-,26-25-,29-28-,32-31-,35-34-,38-37-,46-44+,54-52+. The molecule has 1 saturated heterocycles. The monoisotopic (exact) mass is 1030 g/mol. The molecule has 0 bridgehead atoms. The Kier molecular flexibility index (Phi) is 48.7. The fraction of sp³-hybridized carbons (Fsp3) is 0.646. The van der Waals surface area contributed by atoms with Crippen molar-refractivity contribution in [3.05, 3.63) is 134 Å². The molecule has 0 aromatic rings. The lowest BCUT2D eigenvalue weighted by molar-refractivity contribution is -0.302. The minimum atomic E-state index is -1.58. The summed E-state index contributed by atoms with van der Waals surface area (Å²) in [4.78, 5) is 13.0. The van der Waals surface area contributed by atoms with Gasteiger partial charge in [0.15, 0.2) is 6.29 Å². The average molecular weight is 1030 g/mol. The number of ether oxygens (including phenoxy) is 2. The van der Waals surface area contributed by atoms with Crippen molar-refractivity contribution in [1.29, 1.82) is 0 Å². The van der Waals surface area contributed by atoms with Crippen molar-refractivity contribution in [3.8, 4) is 0 Å². The van der Waals surface area contributed by atoms with Gasteiger partial charge in [0, 0.05) is 6.42 Å². The van der Waals surface area contributed by atoms with Crippen molar-refractivity contribution in [2.45, 2.75) is 256 Å². The molecular formula is C65H107NO8. The van der Waals surface area contributed by atoms with Crippen molar-refractivity contribution < 1.29 is 39.8 Å². The normalized spacial score (nSPS) is 20.0. The van der Waals surface area contributed by atoms with Gasteiger partial charge in [-0.15, -0.1) is 0 Å². The largest absolute Gasteiger partial charge is 0.394 e. The molecule has 0 spiro atoms. The van der Waals surface area contributed by atoms with Gasteiger partial charge in [0.25, 0.3) is 0 Å². The first-order chi connectivity index (χ1) is 36.3. The summed E-state index contributed by atoms with van der Waals surface area (Å²) in [6.07, 6.45) is 73.7. The van der Waals surface area contributed by atoms with Crippen LogP contribution in [0.4, 0.5) is 0 Å². The topological polar surface area (TPSA) is 149 Å². The molecule has 6 N–H and O–H groups in total. The number of allylic oxidation sites excluding steroid dienone is 21. The summed E-state index contributed by atoms with van der Waals surface area (Å²) in [5.41, 5.74) is 0. The molecule has 0 aliphatic carbocycles. The van der Waals surface area contributed by atoms with Gasteiger partial charge in [-0.25, -0.2) is 0 Å². The molecule has 7 atom stereocenters. The maximum absolute atomic E-state index is 13.0. The number of hydrogen-bond donors (Lipinski definition) is 6. The quantitative estimate of drug-likeness (QED) is 0.0261. The van der Waals surface area contributed by atoms with Gasteiger partial charge in [-0.2, -0.15) is 0 Å². The zero-order valence-electron chi connectivity index (χ0n) is 46.5. The molecule has 9 heteroatoms. The first-order valence-electron chi connectivity index (χ1n) is 29.4. The van der Waals surface area contributed by atoms with E-state index in [4.69, 9.17) is 9.47 Å². The highest BCUT2D eigenvalue weighted by atomic mass is 16.7. The van der Waals surface area contributed by atoms with Gasteiger partial charge >= 0.3 is 0 Å². The van der Waals surface area contributed by atoms with Crippen LogP contribution in [-0.2, 0) is 14.3 Å². The molecule has 0 radical (unpaired) electrons. The third kappa shape index (κ3) is 41.6. The van der Waals surface area contributed by atoms with E-state index in [2.05, 4.69) is 141 Å². The van der Waals surface area contributed by atoms with E-state index in [0.29, 0.717) is 6.42 Å². The molecule has 1 aliphatic heterocycles. The number of unbranched alkanes of at least 4 members (excludes halogenated alkanes) is 18. The summed E-state index contributed by atoms with van der Waals surface area (Å²) in [6, 6.07) is -0.838. The van der Waals surface area contributed by atoms with Gasteiger partial charge in [-0.1, -0.05) is 237 Å². The smallest absolute Gasteiger partial charge is 0.220 e. The molecule has 1 heterocycles. The SMILES string of the molecule is CC/C=C\C/C=C\C/C=C\C/C=C\C/C=C\C/C=C\C/C=C\C/C=C\C/C=C\CCCCCCCCCC(=O)NC(COC1OC(CO)C(O)C(O)C1O)C(O)/C=C/CC/C=C/CCCCCCCCCCCC. The fourth-order valence-electron chi connectivity index (χ4n) is 8.34. The van der Waals surface area contributed by atoms with E-state index in [-0.39, 0.29) is 12.5 Å². The lowest BCUT2D eigenvalue weighted by Crippen LogP contribution is -2.60. The molecule has 9 nitrogen and oxygen atoms in total. The predicted molar refractivity (Wildman–Crippen MR) is 313 cm³/mol. The van der Waals surface area contributed by atoms with Crippen molar-refractivity contribution in [2.75, 3.05) is 13.2 Å². The summed E-state index contributed by atoms with van der Waals surface area (Å²) in [7, 11) is 0. The molecule has 1 fully saturated rings. The van der Waals surface area contributed by atoms with E-state index >= 15 is 0 Å². The molecule has 0 aromatic carbocycles. The van der Waals surface area contributed by atoms with Crippen LogP contribution < -0.4 is 5.32 Å². The number of carbonyl (C=O) groups is 1. The summed E-state index contributed by atoms with van der Waals surface area (Å²) in [6.45, 7) is 3.63. The Morgan fingerprint density at radius 1 is 0.473 bits per heavy atom. The average Bonchev–Trinajstić information content (AvgIpc) is 3.40. The zero-order valence-corrected chi connectivity index (χ0v) is 46.5. The van der Waals surface area contributed by atoms with Crippen LogP contribution in [0.5, 0.6) is 0 Å². The Morgan fingerprint density at radius 2 is 0.851 bits per heavy atom. The van der Waals surface area contributed by atoms with Gasteiger partial charge in [0.1, 0.15) is 24.4 Å². The van der Waals surface area contributed by atoms with Crippen LogP contribution in [0.25, 0.3) is 0 Å². The minimum Gasteiger partial charge on any atom is -0.394 e. The first kappa shape index (κ1) is 68.3. The van der Waals surface area contributed by atoms with Crippen LogP contribution in [0, 0.1) is 0 Å². The van der Waals surface area contributed by atoms with Crippen LogP contribution in [0.2, 0.25) is 0 Å². The minimum absolute atomic E-state index is 0.204. The number of amides is 1. The van der Waals surface area contributed by atoms with E-state index in [1.165, 1.54) is 83.5 Å². The number of carbonyl (C=O) groups excluding carboxylic acids is 1. The maximum Gasteiger partial charge on any atom is 0.220 e. The van der Waals surface area contributed by atoms with Crippen LogP contribution in [0.15, 0.2) is 134 Å². The second-order valence-electron chi connectivity index (χ2n) is 19.7. The molecule has 1 rings (SSSR count). The molecule has 0 saturated carbocycles. The number of nitrogens with one attached hydrogen (secondary N) is 1. The first-order valence-corrected chi connectivity index (χ1v) is 29.4. The molecule has 1 amide bonds. The van der Waals surface area contributed by atoms with E-state index < -0.39 is 49.5 Å². The molecule has 420 valence electrons. The van der Waals surface area contributed by atoms with Gasteiger partial charge in [-0.3, -0.25) is 4.79 Å². The zero-order chi connectivity index (χ0) is 53.6. The maximum atomic E-state index is 13.0. The number of hydrogen-bond acceptors (Lipinski definition) is 8. The van der Waals surface area contributed by atoms with Crippen molar-refractivity contribution in [2.24, 2.45) is 0 Å². The number of rotatable bonds is 48. The van der Waals surface area contributed by atoms with E-state index in [9.17, 15) is 30.3 Å². The highest BCUT2D eigenvalue weighted by Gasteiger charge is 2.44. The molecule has 0 aromatic heterocycles. The van der Waals surface area contributed by atoms with Crippen molar-refractivity contribution in [1.82, 2.24) is 5.32 Å². The third-order valence-corrected chi connectivity index (χ3v) is 13.0. The second-order valence-corrected chi connectivity index (χ2v) is 19.7. The third-order valence-electron chi connectivity index (χ3n) is 13.0. The van der Waals surface area contributed by atoms with Gasteiger partial charge in [0.2, 0.25) is 5.91 Å². The predicted octanol–water partition coefficient (Wildman–Crippen LogP) is 14.9. The molecular weight excluding hydrogens is 923 g/mol. The molecule has 1 aliphatic rings. The Balaban J connectivity index is 2.23. The lowest BCUT2D eigenvalue weighted by atomic mass is 9.99. The Labute approximate surface area is 451 Å².